The minimum Gasteiger partial charge on any atom is -0.393 e. The highest BCUT2D eigenvalue weighted by atomic mass is 79.9. The molecule has 1 aromatic carbocycles. The van der Waals surface area contributed by atoms with Gasteiger partial charge in [-0.1, -0.05) is 32.3 Å². The number of unbranched alkanes of at least 4 members (excludes halogenated alkanes) is 2. The number of hydrogen-bond donors (Lipinski definition) is 1. The van der Waals surface area contributed by atoms with Crippen molar-refractivity contribution < 1.29 is 9.50 Å². The van der Waals surface area contributed by atoms with Crippen LogP contribution in [-0.4, -0.2) is 11.2 Å². The van der Waals surface area contributed by atoms with Gasteiger partial charge in [0.2, 0.25) is 0 Å². The standard InChI is InChI=1S/C13H18BrFO/c1-2-3-4-5-11(16)8-10-6-7-13(15)12(14)9-10/h6-7,9,11,16H,2-5,8H2,1H3. The van der Waals surface area contributed by atoms with E-state index in [0.29, 0.717) is 10.9 Å². The first-order chi connectivity index (χ1) is 7.63. The SMILES string of the molecule is CCCCCC(O)Cc1ccc(F)c(Br)c1. The molecule has 0 aliphatic rings. The first-order valence-corrected chi connectivity index (χ1v) is 6.54. The van der Waals surface area contributed by atoms with Gasteiger partial charge in [0.05, 0.1) is 10.6 Å². The fourth-order valence-corrected chi connectivity index (χ4v) is 2.10. The normalized spacial score (nSPS) is 12.8. The van der Waals surface area contributed by atoms with Crippen LogP contribution in [0.4, 0.5) is 4.39 Å². The lowest BCUT2D eigenvalue weighted by Gasteiger charge is -2.10. The van der Waals surface area contributed by atoms with E-state index in [1.54, 1.807) is 12.1 Å². The monoisotopic (exact) mass is 288 g/mol. The second-order valence-corrected chi connectivity index (χ2v) is 4.96. The Morgan fingerprint density at radius 1 is 1.38 bits per heavy atom. The van der Waals surface area contributed by atoms with Gasteiger partial charge >= 0.3 is 0 Å². The third-order valence-corrected chi connectivity index (χ3v) is 3.20. The zero-order valence-electron chi connectivity index (χ0n) is 9.55. The summed E-state index contributed by atoms with van der Waals surface area (Å²) in [5.41, 5.74) is 0.970. The lowest BCUT2D eigenvalue weighted by atomic mass is 10.0. The Hall–Kier alpha value is -0.410. The molecule has 1 nitrogen and oxygen atoms in total. The summed E-state index contributed by atoms with van der Waals surface area (Å²) in [5.74, 6) is -0.260. The molecule has 3 heteroatoms. The van der Waals surface area contributed by atoms with E-state index < -0.39 is 0 Å². The molecule has 0 heterocycles. The summed E-state index contributed by atoms with van der Waals surface area (Å²) in [6.07, 6.45) is 4.48. The molecular formula is C13H18BrFO. The maximum Gasteiger partial charge on any atom is 0.137 e. The van der Waals surface area contributed by atoms with E-state index in [2.05, 4.69) is 22.9 Å². The van der Waals surface area contributed by atoms with E-state index in [9.17, 15) is 9.50 Å². The Morgan fingerprint density at radius 2 is 2.12 bits per heavy atom. The molecule has 0 aliphatic carbocycles. The predicted molar refractivity (Wildman–Crippen MR) is 68.0 cm³/mol. The maximum absolute atomic E-state index is 13.0. The summed E-state index contributed by atoms with van der Waals surface area (Å²) < 4.78 is 13.4. The molecule has 0 radical (unpaired) electrons. The number of aliphatic hydroxyl groups is 1. The maximum atomic E-state index is 13.0. The molecular weight excluding hydrogens is 271 g/mol. The second-order valence-electron chi connectivity index (χ2n) is 4.10. The lowest BCUT2D eigenvalue weighted by Crippen LogP contribution is -2.10. The third kappa shape index (κ3) is 4.62. The van der Waals surface area contributed by atoms with Crippen molar-refractivity contribution in [2.75, 3.05) is 0 Å². The Labute approximate surface area is 105 Å². The van der Waals surface area contributed by atoms with Gasteiger partial charge in [0.1, 0.15) is 5.82 Å². The first kappa shape index (κ1) is 13.7. The topological polar surface area (TPSA) is 20.2 Å². The van der Waals surface area contributed by atoms with Gasteiger partial charge in [-0.3, -0.25) is 0 Å². The van der Waals surface area contributed by atoms with E-state index in [0.717, 1.165) is 31.2 Å². The van der Waals surface area contributed by atoms with Crippen LogP contribution in [0.3, 0.4) is 0 Å². The molecule has 0 amide bonds. The van der Waals surface area contributed by atoms with Crippen molar-refractivity contribution in [3.63, 3.8) is 0 Å². The van der Waals surface area contributed by atoms with E-state index in [4.69, 9.17) is 0 Å². The van der Waals surface area contributed by atoms with Crippen molar-refractivity contribution in [3.05, 3.63) is 34.1 Å². The summed E-state index contributed by atoms with van der Waals surface area (Å²) in [5, 5.41) is 9.78. The number of benzene rings is 1. The molecule has 1 aromatic rings. The van der Waals surface area contributed by atoms with Crippen molar-refractivity contribution >= 4 is 15.9 Å². The molecule has 0 saturated carbocycles. The van der Waals surface area contributed by atoms with Gasteiger partial charge in [-0.15, -0.1) is 0 Å². The molecule has 0 saturated heterocycles. The Bertz CT molecular complexity index is 328. The number of rotatable bonds is 6. The van der Waals surface area contributed by atoms with Crippen molar-refractivity contribution in [2.45, 2.75) is 45.1 Å². The summed E-state index contributed by atoms with van der Waals surface area (Å²) >= 11 is 3.14. The molecule has 0 aromatic heterocycles. The molecule has 1 N–H and O–H groups in total. The highest BCUT2D eigenvalue weighted by Gasteiger charge is 2.07. The van der Waals surface area contributed by atoms with Crippen LogP contribution in [0.25, 0.3) is 0 Å². The number of halogens is 2. The zero-order chi connectivity index (χ0) is 12.0. The Morgan fingerprint density at radius 3 is 2.75 bits per heavy atom. The van der Waals surface area contributed by atoms with Gasteiger partial charge in [0.15, 0.2) is 0 Å². The van der Waals surface area contributed by atoms with Gasteiger partial charge < -0.3 is 5.11 Å². The van der Waals surface area contributed by atoms with Gasteiger partial charge in [-0.05, 0) is 46.5 Å². The van der Waals surface area contributed by atoms with Crippen molar-refractivity contribution in [2.24, 2.45) is 0 Å². The zero-order valence-corrected chi connectivity index (χ0v) is 11.1. The van der Waals surface area contributed by atoms with E-state index >= 15 is 0 Å². The van der Waals surface area contributed by atoms with Gasteiger partial charge in [-0.25, -0.2) is 4.39 Å². The average molecular weight is 289 g/mol. The van der Waals surface area contributed by atoms with Crippen LogP contribution in [0, 0.1) is 5.82 Å². The molecule has 1 unspecified atom stereocenters. The van der Waals surface area contributed by atoms with Gasteiger partial charge in [0.25, 0.3) is 0 Å². The molecule has 0 aliphatic heterocycles. The van der Waals surface area contributed by atoms with Crippen LogP contribution < -0.4 is 0 Å². The molecule has 16 heavy (non-hydrogen) atoms. The minimum atomic E-state index is -0.316. The third-order valence-electron chi connectivity index (χ3n) is 2.60. The van der Waals surface area contributed by atoms with Crippen LogP contribution in [0.1, 0.15) is 38.2 Å². The smallest absolute Gasteiger partial charge is 0.137 e. The van der Waals surface area contributed by atoms with Crippen LogP contribution in [0.2, 0.25) is 0 Å². The van der Waals surface area contributed by atoms with Gasteiger partial charge in [-0.2, -0.15) is 0 Å². The van der Waals surface area contributed by atoms with Crippen LogP contribution >= 0.6 is 15.9 Å². The molecule has 0 spiro atoms. The van der Waals surface area contributed by atoms with E-state index in [1.165, 1.54) is 6.07 Å². The highest BCUT2D eigenvalue weighted by molar-refractivity contribution is 9.10. The fourth-order valence-electron chi connectivity index (χ4n) is 1.67. The first-order valence-electron chi connectivity index (χ1n) is 5.75. The van der Waals surface area contributed by atoms with E-state index in [-0.39, 0.29) is 11.9 Å². The van der Waals surface area contributed by atoms with Crippen molar-refractivity contribution in [3.8, 4) is 0 Å². The Kier molecular flexibility index (Phi) is 5.99. The predicted octanol–water partition coefficient (Wildman–Crippen LogP) is 4.07. The quantitative estimate of drug-likeness (QED) is 0.783. The van der Waals surface area contributed by atoms with Gasteiger partial charge in [0, 0.05) is 0 Å². The minimum absolute atomic E-state index is 0.260. The Balaban J connectivity index is 2.43. The van der Waals surface area contributed by atoms with Crippen LogP contribution in [-0.2, 0) is 6.42 Å². The summed E-state index contributed by atoms with van der Waals surface area (Å²) in [6, 6.07) is 4.89. The molecule has 0 bridgehead atoms. The fraction of sp³-hybridized carbons (Fsp3) is 0.538. The van der Waals surface area contributed by atoms with E-state index in [1.807, 2.05) is 0 Å². The summed E-state index contributed by atoms with van der Waals surface area (Å²) in [4.78, 5) is 0. The molecule has 1 atom stereocenters. The number of hydrogen-bond acceptors (Lipinski definition) is 1. The number of aliphatic hydroxyl groups excluding tert-OH is 1. The largest absolute Gasteiger partial charge is 0.393 e. The van der Waals surface area contributed by atoms with Crippen LogP contribution in [0.15, 0.2) is 22.7 Å². The molecule has 0 fully saturated rings. The molecule has 90 valence electrons. The van der Waals surface area contributed by atoms with Crippen LogP contribution in [0.5, 0.6) is 0 Å². The highest BCUT2D eigenvalue weighted by Crippen LogP contribution is 2.18. The van der Waals surface area contributed by atoms with Crippen molar-refractivity contribution in [1.82, 2.24) is 0 Å². The lowest BCUT2D eigenvalue weighted by molar-refractivity contribution is 0.161. The van der Waals surface area contributed by atoms with Crippen molar-refractivity contribution in [1.29, 1.82) is 0 Å². The average Bonchev–Trinajstić information content (AvgIpc) is 2.24. The summed E-state index contributed by atoms with van der Waals surface area (Å²) in [6.45, 7) is 2.14. The second kappa shape index (κ2) is 7.02. The summed E-state index contributed by atoms with van der Waals surface area (Å²) in [7, 11) is 0. The molecule has 1 rings (SSSR count).